The molecule has 0 aromatic heterocycles. The first-order valence-electron chi connectivity index (χ1n) is 14.1. The molecule has 0 aliphatic heterocycles. The maximum absolute atomic E-state index is 11.0. The Hall–Kier alpha value is -0.0800. The first kappa shape index (κ1) is 22.7. The van der Waals surface area contributed by atoms with Gasteiger partial charge in [0.25, 0.3) is 0 Å². The lowest BCUT2D eigenvalue weighted by molar-refractivity contribution is -0.153. The fourth-order valence-electron chi connectivity index (χ4n) is 10.2. The molecule has 9 atom stereocenters. The molecule has 5 saturated carbocycles. The molecule has 0 amide bonds. The normalized spacial score (nSPS) is 51.9. The summed E-state index contributed by atoms with van der Waals surface area (Å²) in [5.41, 5.74) is 0.325. The lowest BCUT2D eigenvalue weighted by Crippen LogP contribution is -2.56. The van der Waals surface area contributed by atoms with Crippen molar-refractivity contribution in [2.24, 2.45) is 46.3 Å². The van der Waals surface area contributed by atoms with Gasteiger partial charge >= 0.3 is 0 Å². The molecule has 5 fully saturated rings. The van der Waals surface area contributed by atoms with Crippen molar-refractivity contribution in [1.82, 2.24) is 0 Å². The smallest absolute Gasteiger partial charge is 0.0648 e. The van der Waals surface area contributed by atoms with Crippen LogP contribution in [0.1, 0.15) is 124 Å². The third kappa shape index (κ3) is 3.56. The zero-order chi connectivity index (χ0) is 22.1. The van der Waals surface area contributed by atoms with Crippen LogP contribution in [-0.4, -0.2) is 21.4 Å². The van der Waals surface area contributed by atoms with E-state index in [4.69, 9.17) is 0 Å². The lowest BCUT2D eigenvalue weighted by Gasteiger charge is -2.62. The fourth-order valence-corrected chi connectivity index (χ4v) is 10.2. The van der Waals surface area contributed by atoms with Crippen molar-refractivity contribution in [3.05, 3.63) is 0 Å². The molecule has 0 saturated heterocycles. The Morgan fingerprint density at radius 3 is 2.23 bits per heavy atom. The molecule has 2 N–H and O–H groups in total. The molecule has 0 aromatic rings. The van der Waals surface area contributed by atoms with Crippen LogP contribution in [0.15, 0.2) is 0 Å². The summed E-state index contributed by atoms with van der Waals surface area (Å²) in [6, 6.07) is 0. The summed E-state index contributed by atoms with van der Waals surface area (Å²) in [4.78, 5) is 0. The Morgan fingerprint density at radius 2 is 1.55 bits per heavy atom. The van der Waals surface area contributed by atoms with Gasteiger partial charge in [-0.15, -0.1) is 0 Å². The molecular formula is C29H50O2. The van der Waals surface area contributed by atoms with Gasteiger partial charge in [0.1, 0.15) is 0 Å². The monoisotopic (exact) mass is 430 g/mol. The Bertz CT molecular complexity index is 670. The fraction of sp³-hybridized carbons (Fsp3) is 1.00. The van der Waals surface area contributed by atoms with Gasteiger partial charge in [-0.2, -0.15) is 0 Å². The minimum atomic E-state index is -0.376. The highest BCUT2D eigenvalue weighted by atomic mass is 16.3. The quantitative estimate of drug-likeness (QED) is 0.487. The Morgan fingerprint density at radius 1 is 0.806 bits per heavy atom. The van der Waals surface area contributed by atoms with Gasteiger partial charge in [0.05, 0.1) is 11.2 Å². The molecule has 31 heavy (non-hydrogen) atoms. The average Bonchev–Trinajstić information content (AvgIpc) is 3.08. The predicted molar refractivity (Wildman–Crippen MR) is 128 cm³/mol. The third-order valence-electron chi connectivity index (χ3n) is 12.6. The Kier molecular flexibility index (Phi) is 5.66. The molecular weight excluding hydrogens is 380 g/mol. The van der Waals surface area contributed by atoms with Crippen LogP contribution in [0.25, 0.3) is 0 Å². The van der Waals surface area contributed by atoms with Crippen molar-refractivity contribution in [2.75, 3.05) is 0 Å². The summed E-state index contributed by atoms with van der Waals surface area (Å²) >= 11 is 0. The van der Waals surface area contributed by atoms with Crippen LogP contribution >= 0.6 is 0 Å². The zero-order valence-electron chi connectivity index (χ0n) is 21.0. The largest absolute Gasteiger partial charge is 0.390 e. The summed E-state index contributed by atoms with van der Waals surface area (Å²) in [6.45, 7) is 9.99. The van der Waals surface area contributed by atoms with Crippen molar-refractivity contribution >= 4 is 0 Å². The highest BCUT2D eigenvalue weighted by Crippen LogP contribution is 2.69. The second-order valence-electron chi connectivity index (χ2n) is 13.8. The molecule has 0 spiro atoms. The van der Waals surface area contributed by atoms with E-state index < -0.39 is 0 Å². The van der Waals surface area contributed by atoms with Gasteiger partial charge in [-0.05, 0) is 143 Å². The van der Waals surface area contributed by atoms with Crippen LogP contribution in [0.3, 0.4) is 0 Å². The van der Waals surface area contributed by atoms with E-state index in [1.807, 2.05) is 0 Å². The number of rotatable bonds is 5. The Labute approximate surface area is 192 Å². The van der Waals surface area contributed by atoms with Gasteiger partial charge in [0.15, 0.2) is 0 Å². The molecule has 5 rings (SSSR count). The SMILES string of the molecule is CC[C@]1(O)CC[C@@]2(C)[C@@H](CC[C@@H]3[C@@H]2CC[C@]2(C)[C@@H]([C@H](C)CCC4(O)CCC4)CC[C@@H]32)C1. The van der Waals surface area contributed by atoms with Gasteiger partial charge in [-0.25, -0.2) is 0 Å². The molecule has 5 aliphatic carbocycles. The van der Waals surface area contributed by atoms with Crippen molar-refractivity contribution in [1.29, 1.82) is 0 Å². The van der Waals surface area contributed by atoms with Crippen molar-refractivity contribution in [3.63, 3.8) is 0 Å². The molecule has 0 radical (unpaired) electrons. The van der Waals surface area contributed by atoms with Crippen LogP contribution in [0.5, 0.6) is 0 Å². The predicted octanol–water partition coefficient (Wildman–Crippen LogP) is 7.12. The maximum Gasteiger partial charge on any atom is 0.0648 e. The van der Waals surface area contributed by atoms with E-state index in [1.54, 1.807) is 0 Å². The summed E-state index contributed by atoms with van der Waals surface area (Å²) in [5.74, 6) is 5.13. The topological polar surface area (TPSA) is 40.5 Å². The molecule has 0 heterocycles. The van der Waals surface area contributed by atoms with Crippen LogP contribution in [0.4, 0.5) is 0 Å². The van der Waals surface area contributed by atoms with Crippen LogP contribution in [-0.2, 0) is 0 Å². The van der Waals surface area contributed by atoms with Gasteiger partial charge < -0.3 is 10.2 Å². The molecule has 0 aromatic carbocycles. The molecule has 2 heteroatoms. The molecule has 0 unspecified atom stereocenters. The number of hydrogen-bond acceptors (Lipinski definition) is 2. The second kappa shape index (κ2) is 7.72. The number of hydrogen-bond donors (Lipinski definition) is 2. The van der Waals surface area contributed by atoms with E-state index in [9.17, 15) is 10.2 Å². The van der Waals surface area contributed by atoms with Crippen LogP contribution < -0.4 is 0 Å². The summed E-state index contributed by atoms with van der Waals surface area (Å²) in [6.07, 6.45) is 18.4. The van der Waals surface area contributed by atoms with Gasteiger partial charge in [-0.1, -0.05) is 27.7 Å². The van der Waals surface area contributed by atoms with Gasteiger partial charge in [0, 0.05) is 0 Å². The minimum Gasteiger partial charge on any atom is -0.390 e. The van der Waals surface area contributed by atoms with Gasteiger partial charge in [-0.3, -0.25) is 0 Å². The molecule has 2 nitrogen and oxygen atoms in total. The van der Waals surface area contributed by atoms with Crippen molar-refractivity contribution in [3.8, 4) is 0 Å². The van der Waals surface area contributed by atoms with Crippen LogP contribution in [0.2, 0.25) is 0 Å². The summed E-state index contributed by atoms with van der Waals surface area (Å²) in [5, 5.41) is 21.7. The number of aliphatic hydroxyl groups is 2. The first-order valence-corrected chi connectivity index (χ1v) is 14.1. The highest BCUT2D eigenvalue weighted by molar-refractivity contribution is 5.11. The van der Waals surface area contributed by atoms with Crippen molar-refractivity contribution in [2.45, 2.75) is 135 Å². The minimum absolute atomic E-state index is 0.306. The first-order chi connectivity index (χ1) is 14.6. The van der Waals surface area contributed by atoms with E-state index in [1.165, 1.54) is 57.8 Å². The second-order valence-corrected chi connectivity index (χ2v) is 13.8. The average molecular weight is 431 g/mol. The molecule has 5 aliphatic rings. The third-order valence-corrected chi connectivity index (χ3v) is 12.6. The van der Waals surface area contributed by atoms with E-state index >= 15 is 0 Å². The van der Waals surface area contributed by atoms with E-state index in [-0.39, 0.29) is 11.2 Å². The lowest BCUT2D eigenvalue weighted by atomic mass is 9.43. The van der Waals surface area contributed by atoms with E-state index in [2.05, 4.69) is 27.7 Å². The van der Waals surface area contributed by atoms with Gasteiger partial charge in [0.2, 0.25) is 0 Å². The zero-order valence-corrected chi connectivity index (χ0v) is 21.0. The summed E-state index contributed by atoms with van der Waals surface area (Å²) in [7, 11) is 0. The number of fused-ring (bicyclic) bond motifs is 5. The summed E-state index contributed by atoms with van der Waals surface area (Å²) < 4.78 is 0. The van der Waals surface area contributed by atoms with E-state index in [0.29, 0.717) is 10.8 Å². The maximum atomic E-state index is 11.0. The van der Waals surface area contributed by atoms with E-state index in [0.717, 1.165) is 74.0 Å². The molecule has 0 bridgehead atoms. The standard InChI is InChI=1S/C29H50O2/c1-5-28(30)18-17-26(3)21(19-28)7-8-22-24-10-9-23(27(24,4)15-12-25(22)26)20(2)11-16-29(31)13-6-14-29/h20-25,30-31H,5-19H2,1-4H3/t20-,21+,22+,23-,24+,25+,26+,27-,28+/m1/s1. The van der Waals surface area contributed by atoms with Crippen molar-refractivity contribution < 1.29 is 10.2 Å². The Balaban J connectivity index is 1.29. The highest BCUT2D eigenvalue weighted by Gasteiger charge is 2.61. The molecule has 178 valence electrons. The van der Waals surface area contributed by atoms with Crippen LogP contribution in [0, 0.1) is 46.3 Å².